The van der Waals surface area contributed by atoms with Crippen molar-refractivity contribution >= 4 is 60.9 Å². The maximum Gasteiger partial charge on any atom is 0.227 e. The molecule has 0 bridgehead atoms. The Morgan fingerprint density at radius 2 is 0.961 bits per heavy atom. The molecule has 240 valence electrons. The van der Waals surface area contributed by atoms with Crippen molar-refractivity contribution in [3.8, 4) is 33.7 Å². The van der Waals surface area contributed by atoms with E-state index in [0.717, 1.165) is 55.7 Å². The van der Waals surface area contributed by atoms with Crippen LogP contribution in [0.25, 0.3) is 77.5 Å². The molecule has 0 atom stereocenters. The van der Waals surface area contributed by atoms with E-state index in [9.17, 15) is 0 Å². The fraction of sp³-hybridized carbons (Fsp3) is 0. The van der Waals surface area contributed by atoms with Crippen LogP contribution in [0.3, 0.4) is 0 Å². The van der Waals surface area contributed by atoms with E-state index in [2.05, 4.69) is 138 Å². The second kappa shape index (κ2) is 11.9. The summed E-state index contributed by atoms with van der Waals surface area (Å²) in [5.74, 6) is 0.593. The van der Waals surface area contributed by atoms with E-state index in [0.29, 0.717) is 5.89 Å². The Morgan fingerprint density at radius 3 is 1.69 bits per heavy atom. The molecule has 0 spiro atoms. The lowest BCUT2D eigenvalue weighted by Crippen LogP contribution is -2.09. The standard InChI is InChI=1S/C47H30N2O2/c1-3-9-31(10-4-1)33-17-21-38(22-18-33)49(39-23-19-34(20-24-39)37-16-15-32-11-7-8-14-36(32)29-37)40-25-27-43-41(30-40)45-44(50-43)28-26-42-46(45)51-47(48-42)35-12-5-2-6-13-35/h1-30H. The van der Waals surface area contributed by atoms with Gasteiger partial charge in [-0.05, 0) is 106 Å². The number of hydrogen-bond acceptors (Lipinski definition) is 4. The highest BCUT2D eigenvalue weighted by molar-refractivity contribution is 6.17. The number of aromatic nitrogens is 1. The molecule has 0 saturated carbocycles. The van der Waals surface area contributed by atoms with E-state index < -0.39 is 0 Å². The lowest BCUT2D eigenvalue weighted by atomic mass is 10.0. The molecule has 0 saturated heterocycles. The molecule has 0 aliphatic rings. The second-order valence-electron chi connectivity index (χ2n) is 12.8. The number of anilines is 3. The summed E-state index contributed by atoms with van der Waals surface area (Å²) < 4.78 is 12.8. The monoisotopic (exact) mass is 654 g/mol. The quantitative estimate of drug-likeness (QED) is 0.179. The first kappa shape index (κ1) is 29.0. The average Bonchev–Trinajstić information content (AvgIpc) is 3.81. The highest BCUT2D eigenvalue weighted by Crippen LogP contribution is 2.42. The zero-order valence-electron chi connectivity index (χ0n) is 27.5. The van der Waals surface area contributed by atoms with Gasteiger partial charge >= 0.3 is 0 Å². The molecule has 0 aliphatic carbocycles. The normalized spacial score (nSPS) is 11.5. The minimum absolute atomic E-state index is 0.593. The Balaban J connectivity index is 1.11. The lowest BCUT2D eigenvalue weighted by Gasteiger charge is -2.26. The van der Waals surface area contributed by atoms with Crippen molar-refractivity contribution in [2.24, 2.45) is 0 Å². The first-order chi connectivity index (χ1) is 25.2. The van der Waals surface area contributed by atoms with E-state index in [1.165, 1.54) is 33.0 Å². The maximum atomic E-state index is 6.46. The molecule has 0 amide bonds. The van der Waals surface area contributed by atoms with Crippen molar-refractivity contribution in [2.75, 3.05) is 4.90 Å². The van der Waals surface area contributed by atoms with Gasteiger partial charge in [0.1, 0.15) is 16.7 Å². The Bertz CT molecular complexity index is 2840. The first-order valence-electron chi connectivity index (χ1n) is 17.1. The van der Waals surface area contributed by atoms with Crippen LogP contribution in [0.4, 0.5) is 17.1 Å². The highest BCUT2D eigenvalue weighted by Gasteiger charge is 2.20. The molecule has 10 aromatic rings. The molecular formula is C47H30N2O2. The van der Waals surface area contributed by atoms with Gasteiger partial charge < -0.3 is 13.7 Å². The molecule has 0 N–H and O–H groups in total. The fourth-order valence-electron chi connectivity index (χ4n) is 7.13. The van der Waals surface area contributed by atoms with Gasteiger partial charge in [0.25, 0.3) is 0 Å². The lowest BCUT2D eigenvalue weighted by molar-refractivity contribution is 0.622. The van der Waals surface area contributed by atoms with Crippen LogP contribution in [0.2, 0.25) is 0 Å². The Kier molecular flexibility index (Phi) is 6.78. The van der Waals surface area contributed by atoms with Crippen LogP contribution in [-0.2, 0) is 0 Å². The zero-order chi connectivity index (χ0) is 33.7. The van der Waals surface area contributed by atoms with Gasteiger partial charge in [0.05, 0.1) is 5.39 Å². The van der Waals surface area contributed by atoms with Crippen LogP contribution < -0.4 is 4.90 Å². The maximum absolute atomic E-state index is 6.46. The second-order valence-corrected chi connectivity index (χ2v) is 12.8. The highest BCUT2D eigenvalue weighted by atomic mass is 16.4. The molecule has 0 radical (unpaired) electrons. The van der Waals surface area contributed by atoms with Gasteiger partial charge in [-0.15, -0.1) is 0 Å². The third-order valence-corrected chi connectivity index (χ3v) is 9.69. The fourth-order valence-corrected chi connectivity index (χ4v) is 7.13. The van der Waals surface area contributed by atoms with Crippen molar-refractivity contribution in [2.45, 2.75) is 0 Å². The molecule has 0 aliphatic heterocycles. The number of furan rings is 1. The third kappa shape index (κ3) is 5.13. The van der Waals surface area contributed by atoms with Crippen LogP contribution >= 0.6 is 0 Å². The Morgan fingerprint density at radius 1 is 0.392 bits per heavy atom. The van der Waals surface area contributed by atoms with E-state index in [-0.39, 0.29) is 0 Å². The van der Waals surface area contributed by atoms with Crippen molar-refractivity contribution in [1.82, 2.24) is 4.98 Å². The topological polar surface area (TPSA) is 42.4 Å². The summed E-state index contributed by atoms with van der Waals surface area (Å²) in [6, 6.07) is 63.6. The van der Waals surface area contributed by atoms with Gasteiger partial charge in [-0.25, -0.2) is 4.98 Å². The van der Waals surface area contributed by atoms with Crippen LogP contribution in [0.1, 0.15) is 0 Å². The van der Waals surface area contributed by atoms with Gasteiger partial charge in [0.15, 0.2) is 5.58 Å². The molecule has 4 nitrogen and oxygen atoms in total. The van der Waals surface area contributed by atoms with Crippen LogP contribution in [0.15, 0.2) is 191 Å². The van der Waals surface area contributed by atoms with Crippen molar-refractivity contribution in [1.29, 1.82) is 0 Å². The summed E-state index contributed by atoms with van der Waals surface area (Å²) in [6.45, 7) is 0. The van der Waals surface area contributed by atoms with Crippen LogP contribution in [-0.4, -0.2) is 4.98 Å². The Labute approximate surface area is 294 Å². The number of nitrogens with zero attached hydrogens (tertiary/aromatic N) is 2. The predicted octanol–water partition coefficient (Wildman–Crippen LogP) is 13.4. The molecule has 2 aromatic heterocycles. The summed E-state index contributed by atoms with van der Waals surface area (Å²) >= 11 is 0. The van der Waals surface area contributed by atoms with E-state index in [1.807, 2.05) is 48.5 Å². The summed E-state index contributed by atoms with van der Waals surface area (Å²) in [5, 5.41) is 4.37. The number of rotatable bonds is 6. The van der Waals surface area contributed by atoms with Gasteiger partial charge in [-0.3, -0.25) is 0 Å². The minimum atomic E-state index is 0.593. The summed E-state index contributed by atoms with van der Waals surface area (Å²) in [5.41, 5.74) is 11.9. The summed E-state index contributed by atoms with van der Waals surface area (Å²) in [4.78, 5) is 7.14. The largest absolute Gasteiger partial charge is 0.456 e. The molecule has 2 heterocycles. The first-order valence-corrected chi connectivity index (χ1v) is 17.1. The molecule has 8 aromatic carbocycles. The molecular weight excluding hydrogens is 625 g/mol. The van der Waals surface area contributed by atoms with Crippen molar-refractivity contribution in [3.05, 3.63) is 182 Å². The van der Waals surface area contributed by atoms with E-state index in [1.54, 1.807) is 0 Å². The van der Waals surface area contributed by atoms with Crippen LogP contribution in [0.5, 0.6) is 0 Å². The Hall–Kier alpha value is -6.91. The van der Waals surface area contributed by atoms with Gasteiger partial charge in [-0.1, -0.05) is 109 Å². The van der Waals surface area contributed by atoms with Crippen LogP contribution in [0, 0.1) is 0 Å². The summed E-state index contributed by atoms with van der Waals surface area (Å²) in [7, 11) is 0. The number of hydrogen-bond donors (Lipinski definition) is 0. The van der Waals surface area contributed by atoms with Crippen molar-refractivity contribution < 1.29 is 8.83 Å². The molecule has 0 unspecified atom stereocenters. The van der Waals surface area contributed by atoms with Gasteiger partial charge in [0.2, 0.25) is 5.89 Å². The average molecular weight is 655 g/mol. The molecule has 10 rings (SSSR count). The summed E-state index contributed by atoms with van der Waals surface area (Å²) in [6.07, 6.45) is 0. The smallest absolute Gasteiger partial charge is 0.227 e. The van der Waals surface area contributed by atoms with Gasteiger partial charge in [0, 0.05) is 28.0 Å². The molecule has 0 fully saturated rings. The number of benzene rings is 8. The van der Waals surface area contributed by atoms with Gasteiger partial charge in [-0.2, -0.15) is 0 Å². The number of oxazole rings is 1. The van der Waals surface area contributed by atoms with E-state index >= 15 is 0 Å². The van der Waals surface area contributed by atoms with E-state index in [4.69, 9.17) is 13.8 Å². The predicted molar refractivity (Wildman–Crippen MR) is 210 cm³/mol. The molecule has 51 heavy (non-hydrogen) atoms. The molecule has 4 heteroatoms. The van der Waals surface area contributed by atoms with Crippen molar-refractivity contribution in [3.63, 3.8) is 0 Å². The minimum Gasteiger partial charge on any atom is -0.456 e. The SMILES string of the molecule is c1ccc(-c2ccc(N(c3ccc(-c4ccc5ccccc5c4)cc3)c3ccc4oc5ccc6nc(-c7ccccc7)oc6c5c4c3)cc2)cc1. The third-order valence-electron chi connectivity index (χ3n) is 9.69. The zero-order valence-corrected chi connectivity index (χ0v) is 27.5. The number of fused-ring (bicyclic) bond motifs is 6.